The predicted octanol–water partition coefficient (Wildman–Crippen LogP) is 2.77. The number of nitrogens with one attached hydrogen (secondary N) is 1. The molecule has 5 N–H and O–H groups in total. The Morgan fingerprint density at radius 1 is 1.35 bits per heavy atom. The quantitative estimate of drug-likeness (QED) is 0.245. The number of hydrogen-bond acceptors (Lipinski definition) is 4. The SMILES string of the molecule is CNCCC(c1ccc(Cl)c(Cl)c1Cl)N(N)/N=C(/C)N. The molecule has 0 aliphatic rings. The molecule has 0 heterocycles. The van der Waals surface area contributed by atoms with E-state index in [0.29, 0.717) is 27.3 Å². The van der Waals surface area contributed by atoms with Gasteiger partial charge in [-0.05, 0) is 38.6 Å². The van der Waals surface area contributed by atoms with Crippen molar-refractivity contribution in [1.82, 2.24) is 10.4 Å². The average molecular weight is 339 g/mol. The first kappa shape index (κ1) is 17.3. The molecule has 0 bridgehead atoms. The highest BCUT2D eigenvalue weighted by atomic mass is 35.5. The van der Waals surface area contributed by atoms with Crippen LogP contribution in [0.15, 0.2) is 17.2 Å². The third-order valence-corrected chi connectivity index (χ3v) is 3.99. The smallest absolute Gasteiger partial charge is 0.118 e. The van der Waals surface area contributed by atoms with Gasteiger partial charge < -0.3 is 11.1 Å². The van der Waals surface area contributed by atoms with E-state index >= 15 is 0 Å². The zero-order valence-corrected chi connectivity index (χ0v) is 13.6. The zero-order valence-electron chi connectivity index (χ0n) is 11.3. The number of rotatable bonds is 6. The van der Waals surface area contributed by atoms with Crippen LogP contribution >= 0.6 is 34.8 Å². The average Bonchev–Trinajstić information content (AvgIpc) is 2.38. The van der Waals surface area contributed by atoms with Gasteiger partial charge in [-0.1, -0.05) is 40.9 Å². The Morgan fingerprint density at radius 2 is 2.00 bits per heavy atom. The molecule has 0 saturated heterocycles. The topological polar surface area (TPSA) is 79.7 Å². The second-order valence-corrected chi connectivity index (χ2v) is 5.46. The van der Waals surface area contributed by atoms with Crippen molar-refractivity contribution in [3.05, 3.63) is 32.8 Å². The molecule has 0 aliphatic heterocycles. The van der Waals surface area contributed by atoms with Crippen LogP contribution in [0, 0.1) is 0 Å². The van der Waals surface area contributed by atoms with Gasteiger partial charge in [-0.25, -0.2) is 11.0 Å². The van der Waals surface area contributed by atoms with Gasteiger partial charge in [0, 0.05) is 0 Å². The summed E-state index contributed by atoms with van der Waals surface area (Å²) >= 11 is 18.3. The molecule has 0 fully saturated rings. The van der Waals surface area contributed by atoms with Crippen molar-refractivity contribution in [2.75, 3.05) is 13.6 Å². The third kappa shape index (κ3) is 4.40. The standard InChI is InChI=1S/C12H18Cl3N5/c1-7(16)19-20(17)10(5-6-18-2)8-3-4-9(13)12(15)11(8)14/h3-4,10,18H,5-6,17H2,1-2H3,(H2,16,19). The van der Waals surface area contributed by atoms with Crippen molar-refractivity contribution in [3.63, 3.8) is 0 Å². The van der Waals surface area contributed by atoms with Gasteiger partial charge in [0.05, 0.1) is 21.1 Å². The van der Waals surface area contributed by atoms with E-state index in [1.807, 2.05) is 7.05 Å². The van der Waals surface area contributed by atoms with Crippen LogP contribution in [0.1, 0.15) is 24.9 Å². The first-order valence-electron chi connectivity index (χ1n) is 6.01. The monoisotopic (exact) mass is 337 g/mol. The molecule has 1 aromatic rings. The van der Waals surface area contributed by atoms with Gasteiger partial charge in [-0.15, -0.1) is 5.10 Å². The van der Waals surface area contributed by atoms with Gasteiger partial charge in [0.2, 0.25) is 0 Å². The summed E-state index contributed by atoms with van der Waals surface area (Å²) in [7, 11) is 1.85. The van der Waals surface area contributed by atoms with Gasteiger partial charge in [-0.3, -0.25) is 0 Å². The molecule has 0 amide bonds. The minimum Gasteiger partial charge on any atom is -0.386 e. The number of hydrazone groups is 1. The summed E-state index contributed by atoms with van der Waals surface area (Å²) in [4.78, 5) is 0. The van der Waals surface area contributed by atoms with Crippen molar-refractivity contribution < 1.29 is 0 Å². The minimum atomic E-state index is -0.261. The summed E-state index contributed by atoms with van der Waals surface area (Å²) in [5.41, 5.74) is 6.32. The predicted molar refractivity (Wildman–Crippen MR) is 86.1 cm³/mol. The number of hydrazine groups is 1. The zero-order chi connectivity index (χ0) is 15.3. The van der Waals surface area contributed by atoms with E-state index in [-0.39, 0.29) is 6.04 Å². The van der Waals surface area contributed by atoms with Gasteiger partial charge >= 0.3 is 0 Å². The number of hydrogen-bond donors (Lipinski definition) is 3. The molecule has 0 spiro atoms. The fourth-order valence-electron chi connectivity index (χ4n) is 1.76. The van der Waals surface area contributed by atoms with Crippen LogP contribution in [0.4, 0.5) is 0 Å². The van der Waals surface area contributed by atoms with Gasteiger partial charge in [0.25, 0.3) is 0 Å². The highest BCUT2D eigenvalue weighted by Gasteiger charge is 2.21. The Hall–Kier alpha value is -0.720. The summed E-state index contributed by atoms with van der Waals surface area (Å²) < 4.78 is 0. The van der Waals surface area contributed by atoms with E-state index < -0.39 is 0 Å². The lowest BCUT2D eigenvalue weighted by Gasteiger charge is -2.26. The van der Waals surface area contributed by atoms with Crippen LogP contribution in [-0.2, 0) is 0 Å². The fraction of sp³-hybridized carbons (Fsp3) is 0.417. The molecule has 0 radical (unpaired) electrons. The summed E-state index contributed by atoms with van der Waals surface area (Å²) in [5, 5.41) is 9.47. The molecule has 0 aliphatic carbocycles. The second-order valence-electron chi connectivity index (χ2n) is 4.29. The van der Waals surface area contributed by atoms with E-state index in [9.17, 15) is 0 Å². The molecule has 20 heavy (non-hydrogen) atoms. The molecular formula is C12H18Cl3N5. The number of halogens is 3. The van der Waals surface area contributed by atoms with Crippen molar-refractivity contribution in [2.24, 2.45) is 16.7 Å². The number of amidine groups is 1. The molecule has 0 aromatic heterocycles. The molecule has 5 nitrogen and oxygen atoms in total. The van der Waals surface area contributed by atoms with Gasteiger partial charge in [-0.2, -0.15) is 0 Å². The highest BCUT2D eigenvalue weighted by Crippen LogP contribution is 2.37. The first-order chi connectivity index (χ1) is 9.38. The number of nitrogens with zero attached hydrogens (tertiary/aromatic N) is 2. The summed E-state index contributed by atoms with van der Waals surface area (Å²) in [6, 6.07) is 3.21. The second kappa shape index (κ2) is 7.90. The van der Waals surface area contributed by atoms with E-state index in [4.69, 9.17) is 46.4 Å². The maximum Gasteiger partial charge on any atom is 0.118 e. The first-order valence-corrected chi connectivity index (χ1v) is 7.14. The molecule has 0 saturated carbocycles. The summed E-state index contributed by atoms with van der Waals surface area (Å²) in [6.07, 6.45) is 0.682. The van der Waals surface area contributed by atoms with Crippen LogP contribution in [0.5, 0.6) is 0 Å². The highest BCUT2D eigenvalue weighted by molar-refractivity contribution is 6.48. The van der Waals surface area contributed by atoms with Gasteiger partial charge in [0.15, 0.2) is 0 Å². The van der Waals surface area contributed by atoms with Crippen LogP contribution in [-0.4, -0.2) is 24.5 Å². The Morgan fingerprint density at radius 3 is 2.55 bits per heavy atom. The molecule has 1 rings (SSSR count). The van der Waals surface area contributed by atoms with Crippen LogP contribution in [0.2, 0.25) is 15.1 Å². The molecule has 8 heteroatoms. The Balaban J connectivity index is 3.17. The summed E-state index contributed by atoms with van der Waals surface area (Å²) in [5.74, 6) is 6.31. The number of nitrogens with two attached hydrogens (primary N) is 2. The van der Waals surface area contributed by atoms with Crippen LogP contribution < -0.4 is 16.9 Å². The minimum absolute atomic E-state index is 0.261. The molecule has 112 valence electrons. The normalized spacial score (nSPS) is 13.4. The summed E-state index contributed by atoms with van der Waals surface area (Å²) in [6.45, 7) is 2.39. The lowest BCUT2D eigenvalue weighted by molar-refractivity contribution is 0.200. The fourth-order valence-corrected chi connectivity index (χ4v) is 2.43. The largest absolute Gasteiger partial charge is 0.386 e. The van der Waals surface area contributed by atoms with Gasteiger partial charge in [0.1, 0.15) is 5.84 Å². The lowest BCUT2D eigenvalue weighted by atomic mass is 10.0. The van der Waals surface area contributed by atoms with E-state index in [1.165, 1.54) is 5.12 Å². The molecule has 1 atom stereocenters. The van der Waals surface area contributed by atoms with Crippen molar-refractivity contribution >= 4 is 40.6 Å². The van der Waals surface area contributed by atoms with E-state index in [2.05, 4.69) is 10.4 Å². The number of benzene rings is 1. The van der Waals surface area contributed by atoms with Crippen molar-refractivity contribution in [2.45, 2.75) is 19.4 Å². The molecular weight excluding hydrogens is 321 g/mol. The Bertz CT molecular complexity index is 488. The Kier molecular flexibility index (Phi) is 6.85. The van der Waals surface area contributed by atoms with E-state index in [1.54, 1.807) is 19.1 Å². The molecule has 1 unspecified atom stereocenters. The Labute approximate surface area is 133 Å². The maximum atomic E-state index is 6.25. The van der Waals surface area contributed by atoms with Crippen molar-refractivity contribution in [3.8, 4) is 0 Å². The molecule has 1 aromatic carbocycles. The van der Waals surface area contributed by atoms with E-state index in [0.717, 1.165) is 12.1 Å². The third-order valence-electron chi connectivity index (χ3n) is 2.68. The lowest BCUT2D eigenvalue weighted by Crippen LogP contribution is -2.34. The maximum absolute atomic E-state index is 6.25. The van der Waals surface area contributed by atoms with Crippen molar-refractivity contribution in [1.29, 1.82) is 0 Å². The van der Waals surface area contributed by atoms with Crippen LogP contribution in [0.25, 0.3) is 0 Å². The van der Waals surface area contributed by atoms with Crippen LogP contribution in [0.3, 0.4) is 0 Å².